The van der Waals surface area contributed by atoms with Gasteiger partial charge in [0, 0.05) is 11.4 Å². The van der Waals surface area contributed by atoms with E-state index in [1.807, 2.05) is 30.5 Å². The van der Waals surface area contributed by atoms with Crippen LogP contribution in [0, 0.1) is 0 Å². The van der Waals surface area contributed by atoms with Crippen molar-refractivity contribution in [3.8, 4) is 0 Å². The summed E-state index contributed by atoms with van der Waals surface area (Å²) in [5.74, 6) is 0.799. The Bertz CT molecular complexity index is 339. The fourth-order valence-corrected chi connectivity index (χ4v) is 2.09. The molecule has 16 heavy (non-hydrogen) atoms. The molecule has 4 heteroatoms. The highest BCUT2D eigenvalue weighted by atomic mass is 79.9. The fourth-order valence-electron chi connectivity index (χ4n) is 1.34. The highest BCUT2D eigenvalue weighted by Crippen LogP contribution is 2.20. The van der Waals surface area contributed by atoms with Gasteiger partial charge >= 0.3 is 0 Å². The molecule has 0 amide bonds. The first-order valence-electron chi connectivity index (χ1n) is 5.05. The molecule has 0 aliphatic rings. The Morgan fingerprint density at radius 3 is 2.56 bits per heavy atom. The molecule has 0 aliphatic heterocycles. The van der Waals surface area contributed by atoms with Crippen molar-refractivity contribution in [3.63, 3.8) is 0 Å². The molecule has 1 aromatic rings. The highest BCUT2D eigenvalue weighted by molar-refractivity contribution is 9.11. The molecular formula is C12H14BrClOS. The van der Waals surface area contributed by atoms with Crippen molar-refractivity contribution in [2.75, 3.05) is 12.1 Å². The third-order valence-electron chi connectivity index (χ3n) is 2.25. The van der Waals surface area contributed by atoms with E-state index in [9.17, 15) is 4.79 Å². The molecule has 1 unspecified atom stereocenters. The Balaban J connectivity index is 2.67. The molecular weight excluding hydrogens is 308 g/mol. The van der Waals surface area contributed by atoms with Crippen LogP contribution in [0.4, 0.5) is 0 Å². The summed E-state index contributed by atoms with van der Waals surface area (Å²) in [4.78, 5) is 11.8. The lowest BCUT2D eigenvalue weighted by molar-refractivity contribution is 0.101. The second-order valence-electron chi connectivity index (χ2n) is 3.41. The van der Waals surface area contributed by atoms with E-state index in [2.05, 4.69) is 15.9 Å². The zero-order valence-corrected chi connectivity index (χ0v) is 12.2. The lowest BCUT2D eigenvalue weighted by atomic mass is 10.1. The van der Waals surface area contributed by atoms with E-state index in [4.69, 9.17) is 11.6 Å². The number of hydrogen-bond acceptors (Lipinski definition) is 2. The quantitative estimate of drug-likeness (QED) is 0.579. The van der Waals surface area contributed by atoms with Crippen LogP contribution >= 0.6 is 39.3 Å². The fraction of sp³-hybridized carbons (Fsp3) is 0.417. The van der Waals surface area contributed by atoms with Crippen LogP contribution in [-0.4, -0.2) is 22.1 Å². The minimum absolute atomic E-state index is 0.122. The van der Waals surface area contributed by atoms with Gasteiger partial charge in [-0.15, -0.1) is 23.4 Å². The summed E-state index contributed by atoms with van der Waals surface area (Å²) < 4.78 is -0.152. The smallest absolute Gasteiger partial charge is 0.186 e. The number of aryl methyl sites for hydroxylation is 1. The van der Waals surface area contributed by atoms with E-state index in [1.165, 1.54) is 17.3 Å². The summed E-state index contributed by atoms with van der Waals surface area (Å²) in [6, 6.07) is 7.77. The van der Waals surface area contributed by atoms with Gasteiger partial charge in [0.25, 0.3) is 0 Å². The van der Waals surface area contributed by atoms with Crippen molar-refractivity contribution in [1.29, 1.82) is 0 Å². The number of thioether (sulfide) groups is 1. The monoisotopic (exact) mass is 320 g/mol. The average Bonchev–Trinajstić information content (AvgIpc) is 2.35. The van der Waals surface area contributed by atoms with Crippen LogP contribution < -0.4 is 0 Å². The molecule has 1 nitrogen and oxygen atoms in total. The molecule has 1 atom stereocenters. The number of Topliss-reactive ketones (excluding diaryl/α,β-unsaturated/α-hetero) is 1. The molecule has 0 saturated carbocycles. The van der Waals surface area contributed by atoms with Gasteiger partial charge in [0.2, 0.25) is 0 Å². The number of halogens is 2. The molecule has 0 saturated heterocycles. The maximum Gasteiger partial charge on any atom is 0.186 e. The van der Waals surface area contributed by atoms with E-state index in [0.717, 1.165) is 18.4 Å². The predicted molar refractivity (Wildman–Crippen MR) is 76.0 cm³/mol. The zero-order valence-electron chi connectivity index (χ0n) is 9.08. The Morgan fingerprint density at radius 2 is 2.06 bits per heavy atom. The Labute approximate surface area is 114 Å². The predicted octanol–water partition coefficient (Wildman–Crippen LogP) is 4.12. The number of carbonyl (C=O) groups is 1. The maximum absolute atomic E-state index is 11.8. The van der Waals surface area contributed by atoms with E-state index < -0.39 is 0 Å². The van der Waals surface area contributed by atoms with E-state index >= 15 is 0 Å². The number of ketones is 1. The topological polar surface area (TPSA) is 17.1 Å². The third kappa shape index (κ3) is 4.11. The van der Waals surface area contributed by atoms with Crippen LogP contribution in [-0.2, 0) is 6.42 Å². The van der Waals surface area contributed by atoms with Gasteiger partial charge in [0.15, 0.2) is 5.78 Å². The Hall–Kier alpha value is 0.01000. The summed E-state index contributed by atoms with van der Waals surface area (Å²) in [6.07, 6.45) is 3.85. The van der Waals surface area contributed by atoms with Gasteiger partial charge in [0.05, 0.1) is 0 Å². The van der Waals surface area contributed by atoms with Gasteiger partial charge in [-0.05, 0) is 24.7 Å². The lowest BCUT2D eigenvalue weighted by Gasteiger charge is -2.06. The molecule has 0 aromatic heterocycles. The Kier molecular flexibility index (Phi) is 6.47. The number of rotatable bonds is 6. The van der Waals surface area contributed by atoms with Gasteiger partial charge in [0.1, 0.15) is 4.16 Å². The van der Waals surface area contributed by atoms with Crippen LogP contribution in [0.1, 0.15) is 22.3 Å². The van der Waals surface area contributed by atoms with Crippen LogP contribution in [0.3, 0.4) is 0 Å². The van der Waals surface area contributed by atoms with Gasteiger partial charge in [-0.1, -0.05) is 40.2 Å². The molecule has 0 spiro atoms. The molecule has 0 aliphatic carbocycles. The van der Waals surface area contributed by atoms with Crippen molar-refractivity contribution >= 4 is 45.1 Å². The summed E-state index contributed by atoms with van der Waals surface area (Å²) >= 11 is 10.5. The first-order chi connectivity index (χ1) is 7.69. The third-order valence-corrected chi connectivity index (χ3v) is 4.68. The van der Waals surface area contributed by atoms with Gasteiger partial charge in [-0.3, -0.25) is 4.79 Å². The molecule has 0 heterocycles. The highest BCUT2D eigenvalue weighted by Gasteiger charge is 2.14. The van der Waals surface area contributed by atoms with Gasteiger partial charge < -0.3 is 0 Å². The minimum Gasteiger partial charge on any atom is -0.292 e. The minimum atomic E-state index is -0.152. The van der Waals surface area contributed by atoms with Crippen LogP contribution in [0.2, 0.25) is 0 Å². The van der Waals surface area contributed by atoms with Crippen molar-refractivity contribution in [3.05, 3.63) is 35.4 Å². The van der Waals surface area contributed by atoms with Crippen LogP contribution in [0.5, 0.6) is 0 Å². The first kappa shape index (κ1) is 14.1. The van der Waals surface area contributed by atoms with Crippen molar-refractivity contribution < 1.29 is 4.79 Å². The number of alkyl halides is 2. The molecule has 88 valence electrons. The normalized spacial score (nSPS) is 12.4. The molecule has 0 N–H and O–H groups in total. The summed E-state index contributed by atoms with van der Waals surface area (Å²) in [6.45, 7) is 0. The molecule has 1 rings (SSSR count). The molecule has 1 aromatic carbocycles. The lowest BCUT2D eigenvalue weighted by Crippen LogP contribution is -2.09. The van der Waals surface area contributed by atoms with Crippen LogP contribution in [0.25, 0.3) is 0 Å². The van der Waals surface area contributed by atoms with Crippen LogP contribution in [0.15, 0.2) is 24.3 Å². The van der Waals surface area contributed by atoms with Crippen molar-refractivity contribution in [2.45, 2.75) is 17.0 Å². The van der Waals surface area contributed by atoms with E-state index in [1.54, 1.807) is 0 Å². The second-order valence-corrected chi connectivity index (χ2v) is 6.25. The first-order valence-corrected chi connectivity index (χ1v) is 7.79. The summed E-state index contributed by atoms with van der Waals surface area (Å²) in [5, 5.41) is 0. The summed E-state index contributed by atoms with van der Waals surface area (Å²) in [7, 11) is 0. The second kappa shape index (κ2) is 7.36. The maximum atomic E-state index is 11.8. The summed E-state index contributed by atoms with van der Waals surface area (Å²) in [5.41, 5.74) is 1.98. The van der Waals surface area contributed by atoms with Crippen molar-refractivity contribution in [2.24, 2.45) is 0 Å². The zero-order chi connectivity index (χ0) is 12.0. The Morgan fingerprint density at radius 1 is 1.44 bits per heavy atom. The van der Waals surface area contributed by atoms with E-state index in [-0.39, 0.29) is 9.94 Å². The van der Waals surface area contributed by atoms with Gasteiger partial charge in [-0.25, -0.2) is 0 Å². The molecule has 0 radical (unpaired) electrons. The SMILES string of the molecule is CSC(Br)C(=O)c1ccc(CCCCl)cc1. The number of benzene rings is 1. The standard InChI is InChI=1S/C12H14BrClOS/c1-16-12(13)11(15)10-6-4-9(5-7-10)3-2-8-14/h4-7,12H,2-3,8H2,1H3. The van der Waals surface area contributed by atoms with E-state index in [0.29, 0.717) is 5.88 Å². The number of hydrogen-bond donors (Lipinski definition) is 0. The molecule has 0 bridgehead atoms. The van der Waals surface area contributed by atoms with Gasteiger partial charge in [-0.2, -0.15) is 0 Å². The van der Waals surface area contributed by atoms with Crippen molar-refractivity contribution in [1.82, 2.24) is 0 Å². The largest absolute Gasteiger partial charge is 0.292 e. The molecule has 0 fully saturated rings. The average molecular weight is 322 g/mol. The number of carbonyl (C=O) groups excluding carboxylic acids is 1.